The van der Waals surface area contributed by atoms with Crippen molar-refractivity contribution >= 4 is 25.2 Å². The van der Waals surface area contributed by atoms with Crippen molar-refractivity contribution in [2.45, 2.75) is 65.3 Å². The van der Waals surface area contributed by atoms with Crippen molar-refractivity contribution in [3.8, 4) is 0 Å². The molecule has 0 spiro atoms. The van der Waals surface area contributed by atoms with E-state index in [-0.39, 0.29) is 0 Å². The molecule has 0 fully saturated rings. The molecule has 0 aliphatic heterocycles. The lowest BCUT2D eigenvalue weighted by molar-refractivity contribution is 0.122. The largest absolute Gasteiger partial charge is 0.434 e. The molecule has 0 aromatic heterocycles. The summed E-state index contributed by atoms with van der Waals surface area (Å²) in [5.74, 6) is 0. The van der Waals surface area contributed by atoms with Crippen molar-refractivity contribution in [3.05, 3.63) is 11.8 Å². The van der Waals surface area contributed by atoms with Crippen molar-refractivity contribution in [1.82, 2.24) is 0 Å². The number of hydrogen-bond acceptors (Lipinski definition) is 3. The van der Waals surface area contributed by atoms with Crippen LogP contribution in [0, 0.1) is 0 Å². The Morgan fingerprint density at radius 1 is 0.889 bits per heavy atom. The van der Waals surface area contributed by atoms with Crippen LogP contribution in [0.1, 0.15) is 13.8 Å². The summed E-state index contributed by atoms with van der Waals surface area (Å²) in [5.41, 5.74) is -0.958. The molecular formula is C12H30O3Si3. The van der Waals surface area contributed by atoms with Crippen molar-refractivity contribution in [3.63, 3.8) is 0 Å². The average molecular weight is 307 g/mol. The van der Waals surface area contributed by atoms with Gasteiger partial charge in [-0.2, -0.15) is 0 Å². The van der Waals surface area contributed by atoms with Gasteiger partial charge in [0.2, 0.25) is 0 Å². The first-order chi connectivity index (χ1) is 7.57. The van der Waals surface area contributed by atoms with Crippen LogP contribution in [0.3, 0.4) is 0 Å². The topological polar surface area (TPSA) is 38.7 Å². The predicted octanol–water partition coefficient (Wildman–Crippen LogP) is 3.63. The second kappa shape index (κ2) is 5.34. The van der Waals surface area contributed by atoms with Gasteiger partial charge in [-0.15, -0.1) is 0 Å². The molecule has 0 saturated heterocycles. The van der Waals surface area contributed by atoms with Crippen LogP contribution in [0.2, 0.25) is 45.8 Å². The molecule has 0 amide bonds. The highest BCUT2D eigenvalue weighted by Crippen LogP contribution is 2.31. The molecule has 0 aliphatic carbocycles. The van der Waals surface area contributed by atoms with Gasteiger partial charge < -0.3 is 13.3 Å². The van der Waals surface area contributed by atoms with E-state index < -0.39 is 30.8 Å². The van der Waals surface area contributed by atoms with Gasteiger partial charge in [0.15, 0.2) is 16.6 Å². The number of aliphatic hydroxyl groups is 1. The zero-order chi connectivity index (χ0) is 15.0. The summed E-state index contributed by atoms with van der Waals surface area (Å²) in [6.45, 7) is 22.4. The maximum atomic E-state index is 10.2. The van der Waals surface area contributed by atoms with Crippen LogP contribution >= 0.6 is 0 Å². The quantitative estimate of drug-likeness (QED) is 0.762. The SMILES string of the molecule is C=C(C(C)(C)O)[Si](C)(O[Si](C)(C)C)O[Si](C)(C)C. The van der Waals surface area contributed by atoms with Gasteiger partial charge >= 0.3 is 8.56 Å². The summed E-state index contributed by atoms with van der Waals surface area (Å²) in [6, 6.07) is 0. The minimum atomic E-state index is -2.58. The Labute approximate surface area is 116 Å². The van der Waals surface area contributed by atoms with Crippen molar-refractivity contribution in [1.29, 1.82) is 0 Å². The van der Waals surface area contributed by atoms with Crippen LogP contribution < -0.4 is 0 Å². The Morgan fingerprint density at radius 2 is 1.17 bits per heavy atom. The van der Waals surface area contributed by atoms with Crippen LogP contribution in [0.5, 0.6) is 0 Å². The second-order valence-corrected chi connectivity index (χ2v) is 20.0. The Hall–Kier alpha value is 0.271. The van der Waals surface area contributed by atoms with Crippen LogP contribution in [-0.4, -0.2) is 35.9 Å². The van der Waals surface area contributed by atoms with Crippen LogP contribution in [0.4, 0.5) is 0 Å². The second-order valence-electron chi connectivity index (χ2n) is 7.41. The monoisotopic (exact) mass is 306 g/mol. The molecule has 108 valence electrons. The van der Waals surface area contributed by atoms with E-state index >= 15 is 0 Å². The molecule has 0 aliphatic rings. The molecule has 0 unspecified atom stereocenters. The van der Waals surface area contributed by atoms with Crippen LogP contribution in [0.25, 0.3) is 0 Å². The van der Waals surface area contributed by atoms with Gasteiger partial charge in [-0.25, -0.2) is 0 Å². The van der Waals surface area contributed by atoms with Gasteiger partial charge in [0.05, 0.1) is 5.60 Å². The lowest BCUT2D eigenvalue weighted by atomic mass is 10.1. The molecule has 0 aromatic carbocycles. The van der Waals surface area contributed by atoms with Crippen molar-refractivity contribution < 1.29 is 13.3 Å². The van der Waals surface area contributed by atoms with E-state index in [0.29, 0.717) is 0 Å². The Balaban J connectivity index is 5.36. The third kappa shape index (κ3) is 6.44. The smallest absolute Gasteiger partial charge is 0.346 e. The summed E-state index contributed by atoms with van der Waals surface area (Å²) >= 11 is 0. The lowest BCUT2D eigenvalue weighted by Gasteiger charge is -2.42. The standard InChI is InChI=1S/C12H30O3Si3/c1-11(12(2,3)13)18(10,14-16(4,5)6)15-17(7,8)9/h13H,1H2,2-10H3. The molecule has 0 radical (unpaired) electrons. The molecule has 0 atom stereocenters. The molecule has 0 aromatic rings. The van der Waals surface area contributed by atoms with E-state index in [1.807, 2.05) is 6.55 Å². The lowest BCUT2D eigenvalue weighted by Crippen LogP contribution is -2.57. The van der Waals surface area contributed by atoms with Gasteiger partial charge in [-0.1, -0.05) is 6.58 Å². The maximum absolute atomic E-state index is 10.2. The first kappa shape index (κ1) is 18.3. The predicted molar refractivity (Wildman–Crippen MR) is 85.9 cm³/mol. The Morgan fingerprint density at radius 3 is 1.33 bits per heavy atom. The Kier molecular flexibility index (Phi) is 5.42. The highest BCUT2D eigenvalue weighted by Gasteiger charge is 2.47. The minimum Gasteiger partial charge on any atom is -0.434 e. The summed E-state index contributed by atoms with van der Waals surface area (Å²) in [7, 11) is -6.07. The third-order valence-electron chi connectivity index (χ3n) is 2.29. The third-order valence-corrected chi connectivity index (χ3v) is 12.0. The number of hydrogen-bond donors (Lipinski definition) is 1. The molecule has 0 saturated carbocycles. The molecule has 1 N–H and O–H groups in total. The first-order valence-electron chi connectivity index (χ1n) is 6.39. The summed E-state index contributed by atoms with van der Waals surface area (Å²) in [4.78, 5) is 0. The van der Waals surface area contributed by atoms with Gasteiger partial charge in [-0.05, 0) is 64.9 Å². The normalized spacial score (nSPS) is 14.8. The van der Waals surface area contributed by atoms with E-state index in [1.165, 1.54) is 0 Å². The molecule has 0 bridgehead atoms. The van der Waals surface area contributed by atoms with E-state index in [2.05, 4.69) is 45.9 Å². The van der Waals surface area contributed by atoms with E-state index in [1.54, 1.807) is 13.8 Å². The fourth-order valence-electron chi connectivity index (χ4n) is 1.87. The molecular weight excluding hydrogens is 276 g/mol. The van der Waals surface area contributed by atoms with Crippen LogP contribution in [-0.2, 0) is 8.23 Å². The highest BCUT2D eigenvalue weighted by atomic mass is 28.5. The Bertz CT molecular complexity index is 292. The molecule has 6 heteroatoms. The fourth-order valence-corrected chi connectivity index (χ4v) is 13.9. The van der Waals surface area contributed by atoms with Gasteiger partial charge in [0, 0.05) is 0 Å². The molecule has 3 nitrogen and oxygen atoms in total. The minimum absolute atomic E-state index is 0.722. The molecule has 18 heavy (non-hydrogen) atoms. The molecule has 0 heterocycles. The number of rotatable bonds is 6. The van der Waals surface area contributed by atoms with Crippen molar-refractivity contribution in [2.24, 2.45) is 0 Å². The van der Waals surface area contributed by atoms with Gasteiger partial charge in [0.25, 0.3) is 0 Å². The fraction of sp³-hybridized carbons (Fsp3) is 0.833. The zero-order valence-electron chi connectivity index (χ0n) is 13.5. The highest BCUT2D eigenvalue weighted by molar-refractivity contribution is 6.91. The summed E-state index contributed by atoms with van der Waals surface area (Å²) in [6.07, 6.45) is 0. The van der Waals surface area contributed by atoms with E-state index in [9.17, 15) is 5.11 Å². The van der Waals surface area contributed by atoms with Crippen LogP contribution in [0.15, 0.2) is 11.8 Å². The van der Waals surface area contributed by atoms with Gasteiger partial charge in [0.1, 0.15) is 0 Å². The maximum Gasteiger partial charge on any atom is 0.346 e. The summed E-state index contributed by atoms with van der Waals surface area (Å²) < 4.78 is 12.6. The van der Waals surface area contributed by atoms with E-state index in [0.717, 1.165) is 5.20 Å². The zero-order valence-corrected chi connectivity index (χ0v) is 16.5. The van der Waals surface area contributed by atoms with Crippen molar-refractivity contribution in [2.75, 3.05) is 0 Å². The first-order valence-corrected chi connectivity index (χ1v) is 15.5. The van der Waals surface area contributed by atoms with Gasteiger partial charge in [-0.3, -0.25) is 0 Å². The van der Waals surface area contributed by atoms with E-state index in [4.69, 9.17) is 8.23 Å². The summed E-state index contributed by atoms with van der Waals surface area (Å²) in [5, 5.41) is 10.9. The molecule has 0 rings (SSSR count). The average Bonchev–Trinajstić information content (AvgIpc) is 1.92.